The van der Waals surface area contributed by atoms with Crippen molar-refractivity contribution >= 4 is 40.2 Å². The molecule has 5 N–H and O–H groups in total. The zero-order valence-corrected chi connectivity index (χ0v) is 32.3. The Bertz CT molecular complexity index is 1700. The van der Waals surface area contributed by atoms with Gasteiger partial charge in [-0.05, 0) is 101 Å². The monoisotopic (exact) mass is 748 g/mol. The number of carbonyl (C=O) groups excluding carboxylic acids is 3. The number of methoxy groups -OCH3 is 1. The van der Waals surface area contributed by atoms with E-state index >= 15 is 0 Å². The number of benzene rings is 3. The second-order valence-corrected chi connectivity index (χ2v) is 15.1. The lowest BCUT2D eigenvalue weighted by Gasteiger charge is -2.42. The summed E-state index contributed by atoms with van der Waals surface area (Å²) in [5, 5.41) is 5.77. The number of Topliss-reactive ketones (excluding diaryl/α,β-unsaturated/α-hetero) is 1. The van der Waals surface area contributed by atoms with E-state index in [1.807, 2.05) is 62.6 Å². The van der Waals surface area contributed by atoms with Crippen molar-refractivity contribution in [3.05, 3.63) is 70.7 Å². The average molecular weight is 749 g/mol. The Hall–Kier alpha value is -3.74. The van der Waals surface area contributed by atoms with Crippen LogP contribution in [0.25, 0.3) is 10.8 Å². The van der Waals surface area contributed by atoms with E-state index in [0.717, 1.165) is 67.0 Å². The summed E-state index contributed by atoms with van der Waals surface area (Å²) in [5.41, 5.74) is 13.6. The summed E-state index contributed by atoms with van der Waals surface area (Å²) in [4.78, 5) is 47.9. The molecule has 5 rings (SSSR count). The van der Waals surface area contributed by atoms with Crippen molar-refractivity contribution in [1.82, 2.24) is 20.0 Å². The van der Waals surface area contributed by atoms with Crippen molar-refractivity contribution in [2.75, 3.05) is 53.9 Å². The van der Waals surface area contributed by atoms with Gasteiger partial charge in [0, 0.05) is 43.0 Å². The van der Waals surface area contributed by atoms with Gasteiger partial charge < -0.3 is 41.0 Å². The van der Waals surface area contributed by atoms with Gasteiger partial charge in [0.05, 0.1) is 24.7 Å². The number of aryl methyl sites for hydroxylation is 1. The molecule has 2 fully saturated rings. The van der Waals surface area contributed by atoms with Crippen molar-refractivity contribution in [2.24, 2.45) is 17.4 Å². The van der Waals surface area contributed by atoms with Crippen molar-refractivity contribution in [3.8, 4) is 11.5 Å². The van der Waals surface area contributed by atoms with Gasteiger partial charge in [0.15, 0.2) is 11.5 Å². The Morgan fingerprint density at radius 2 is 1.75 bits per heavy atom. The van der Waals surface area contributed by atoms with Crippen molar-refractivity contribution in [2.45, 2.75) is 82.5 Å². The number of carbonyl (C=O) groups is 3. The first-order valence-corrected chi connectivity index (χ1v) is 19.4. The second-order valence-electron chi connectivity index (χ2n) is 14.7. The highest BCUT2D eigenvalue weighted by Gasteiger charge is 2.40. The number of piperazine rings is 1. The molecule has 53 heavy (non-hydrogen) atoms. The van der Waals surface area contributed by atoms with Gasteiger partial charge in [0.25, 0.3) is 0 Å². The van der Waals surface area contributed by atoms with E-state index in [4.69, 9.17) is 32.5 Å². The molecule has 2 atom stereocenters. The minimum absolute atomic E-state index is 0.0268. The van der Waals surface area contributed by atoms with Gasteiger partial charge in [0.1, 0.15) is 11.8 Å². The number of amides is 2. The summed E-state index contributed by atoms with van der Waals surface area (Å²) in [6, 6.07) is 15.9. The molecular weight excluding hydrogens is 692 g/mol. The molecule has 2 aliphatic rings. The van der Waals surface area contributed by atoms with Crippen LogP contribution in [0.15, 0.2) is 54.6 Å². The number of nitrogens with two attached hydrogens (primary N) is 2. The van der Waals surface area contributed by atoms with Crippen molar-refractivity contribution in [1.29, 1.82) is 0 Å². The average Bonchev–Trinajstić information content (AvgIpc) is 3.18. The van der Waals surface area contributed by atoms with E-state index in [1.54, 1.807) is 18.1 Å². The highest BCUT2D eigenvalue weighted by molar-refractivity contribution is 6.37. The highest BCUT2D eigenvalue weighted by Crippen LogP contribution is 2.33. The molecule has 1 aliphatic heterocycles. The summed E-state index contributed by atoms with van der Waals surface area (Å²) >= 11 is 6.67. The number of hydrogen-bond donors (Lipinski definition) is 3. The van der Waals surface area contributed by atoms with E-state index in [2.05, 4.69) is 10.2 Å². The topological polar surface area (TPSA) is 143 Å². The maximum absolute atomic E-state index is 14.6. The standard InChI is InChI=1S/C41H57ClN6O5/c1-46(2)21-7-6-10-34(45-32-17-12-29(25-43)13-18-32)40(50)48-23-22-47(41(51)53-37-20-16-30-8-4-5-9-33(30)39(37)42)27-35(48)36(49)19-14-28-11-15-31(26-44)38(24-28)52-3/h4-5,8-9,11,15-16,20,24,29,32,34-35,45H,6-7,10,12-14,17-19,21-23,25-27,43-44H2,1-3H3/t29?,32?,34-,35+/m1/s1. The third-order valence-corrected chi connectivity index (χ3v) is 11.2. The van der Waals surface area contributed by atoms with E-state index in [1.165, 1.54) is 4.90 Å². The molecule has 0 spiro atoms. The predicted molar refractivity (Wildman–Crippen MR) is 210 cm³/mol. The van der Waals surface area contributed by atoms with Gasteiger partial charge in [-0.1, -0.05) is 60.5 Å². The van der Waals surface area contributed by atoms with E-state index < -0.39 is 18.2 Å². The van der Waals surface area contributed by atoms with Gasteiger partial charge in [-0.25, -0.2) is 4.79 Å². The SMILES string of the molecule is COc1cc(CCC(=O)[C@@H]2CN(C(=O)Oc3ccc4ccccc4c3Cl)CCN2C(=O)[C@@H](CCCCN(C)C)NC2CCC(CN)CC2)ccc1CN. The fourth-order valence-electron chi connectivity index (χ4n) is 7.59. The van der Waals surface area contributed by atoms with Crippen LogP contribution in [0, 0.1) is 5.92 Å². The van der Waals surface area contributed by atoms with E-state index in [9.17, 15) is 14.4 Å². The molecule has 288 valence electrons. The van der Waals surface area contributed by atoms with Gasteiger partial charge in [-0.15, -0.1) is 0 Å². The quantitative estimate of drug-likeness (QED) is 0.165. The third kappa shape index (κ3) is 10.7. The zero-order chi connectivity index (χ0) is 37.9. The number of unbranched alkanes of at least 4 members (excludes halogenated alkanes) is 1. The Morgan fingerprint density at radius 1 is 0.981 bits per heavy atom. The number of ketones is 1. The number of rotatable bonds is 16. The van der Waals surface area contributed by atoms with Crippen LogP contribution >= 0.6 is 11.6 Å². The molecule has 0 bridgehead atoms. The fourth-order valence-corrected chi connectivity index (χ4v) is 7.86. The molecule has 2 amide bonds. The third-order valence-electron chi connectivity index (χ3n) is 10.8. The first-order valence-electron chi connectivity index (χ1n) is 19.1. The lowest BCUT2D eigenvalue weighted by atomic mass is 9.85. The molecule has 1 saturated carbocycles. The summed E-state index contributed by atoms with van der Waals surface area (Å²) < 4.78 is 11.4. The maximum atomic E-state index is 14.6. The van der Waals surface area contributed by atoms with E-state index in [-0.39, 0.29) is 49.5 Å². The molecule has 1 aliphatic carbocycles. The Morgan fingerprint density at radius 3 is 2.47 bits per heavy atom. The van der Waals surface area contributed by atoms with Crippen LogP contribution in [0.5, 0.6) is 11.5 Å². The maximum Gasteiger partial charge on any atom is 0.415 e. The molecule has 0 aromatic heterocycles. The number of nitrogens with zero attached hydrogens (tertiary/aromatic N) is 3. The fraction of sp³-hybridized carbons (Fsp3) is 0.537. The van der Waals surface area contributed by atoms with Crippen LogP contribution in [0.2, 0.25) is 5.02 Å². The second kappa shape index (κ2) is 19.5. The number of ether oxygens (including phenoxy) is 2. The minimum Gasteiger partial charge on any atom is -0.496 e. The number of hydrogen-bond acceptors (Lipinski definition) is 9. The lowest BCUT2D eigenvalue weighted by molar-refractivity contribution is -0.144. The normalized spacial score (nSPS) is 19.7. The van der Waals surface area contributed by atoms with E-state index in [0.29, 0.717) is 42.6 Å². The Balaban J connectivity index is 1.35. The van der Waals surface area contributed by atoms with Crippen LogP contribution in [-0.2, 0) is 22.6 Å². The van der Waals surface area contributed by atoms with Crippen LogP contribution in [0.3, 0.4) is 0 Å². The van der Waals surface area contributed by atoms with Crippen molar-refractivity contribution in [3.63, 3.8) is 0 Å². The molecule has 3 aromatic rings. The van der Waals surface area contributed by atoms with Gasteiger partial charge in [-0.2, -0.15) is 0 Å². The summed E-state index contributed by atoms with van der Waals surface area (Å²) in [5.74, 6) is 1.24. The molecule has 0 unspecified atom stereocenters. The first kappa shape index (κ1) is 40.4. The molecule has 12 heteroatoms. The van der Waals surface area contributed by atoms with Crippen LogP contribution in [-0.4, -0.2) is 105 Å². The summed E-state index contributed by atoms with van der Waals surface area (Å²) in [6.45, 7) is 2.43. The summed E-state index contributed by atoms with van der Waals surface area (Å²) in [7, 11) is 5.70. The van der Waals surface area contributed by atoms with Gasteiger partial charge in [-0.3, -0.25) is 9.59 Å². The molecule has 11 nitrogen and oxygen atoms in total. The smallest absolute Gasteiger partial charge is 0.415 e. The number of fused-ring (bicyclic) bond motifs is 1. The molecule has 0 radical (unpaired) electrons. The van der Waals surface area contributed by atoms with Crippen molar-refractivity contribution < 1.29 is 23.9 Å². The van der Waals surface area contributed by atoms with Crippen LogP contribution in [0.1, 0.15) is 62.5 Å². The number of nitrogens with one attached hydrogen (secondary N) is 1. The first-order chi connectivity index (χ1) is 25.6. The van der Waals surface area contributed by atoms with Gasteiger partial charge in [0.2, 0.25) is 5.91 Å². The van der Waals surface area contributed by atoms with Crippen LogP contribution in [0.4, 0.5) is 4.79 Å². The minimum atomic E-state index is -0.833. The molecular formula is C41H57ClN6O5. The zero-order valence-electron chi connectivity index (χ0n) is 31.5. The number of halogens is 1. The summed E-state index contributed by atoms with van der Waals surface area (Å²) in [6.07, 6.45) is 6.54. The predicted octanol–water partition coefficient (Wildman–Crippen LogP) is 5.38. The molecule has 1 heterocycles. The molecule has 1 saturated heterocycles. The highest BCUT2D eigenvalue weighted by atomic mass is 35.5. The Kier molecular flexibility index (Phi) is 14.9. The van der Waals surface area contributed by atoms with Gasteiger partial charge >= 0.3 is 6.09 Å². The molecule has 3 aromatic carbocycles. The Labute approximate surface area is 319 Å². The lowest BCUT2D eigenvalue weighted by Crippen LogP contribution is -2.63. The van der Waals surface area contributed by atoms with Crippen LogP contribution < -0.4 is 26.3 Å². The largest absolute Gasteiger partial charge is 0.496 e.